The number of nitrogens with zero attached hydrogens (tertiary/aromatic N) is 3. The number of likely N-dealkylation sites (tertiary alicyclic amines) is 1. The Morgan fingerprint density at radius 2 is 2.39 bits per heavy atom. The first-order valence-corrected chi connectivity index (χ1v) is 5.94. The van der Waals surface area contributed by atoms with Crippen LogP contribution in [0.15, 0.2) is 35.7 Å². The first kappa shape index (κ1) is 11.1. The predicted octanol–water partition coefficient (Wildman–Crippen LogP) is 0.310. The van der Waals surface area contributed by atoms with E-state index in [2.05, 4.69) is 11.5 Å². The van der Waals surface area contributed by atoms with E-state index in [1.807, 2.05) is 36.5 Å². The largest absolute Gasteiger partial charge is 0.367 e. The number of rotatable bonds is 0. The van der Waals surface area contributed by atoms with Gasteiger partial charge < -0.3 is 5.32 Å². The van der Waals surface area contributed by atoms with E-state index in [0.717, 1.165) is 11.1 Å². The van der Waals surface area contributed by atoms with E-state index in [1.165, 1.54) is 0 Å². The second-order valence-corrected chi connectivity index (χ2v) is 4.84. The minimum Gasteiger partial charge on any atom is -0.367 e. The van der Waals surface area contributed by atoms with Crippen molar-refractivity contribution < 1.29 is 4.79 Å². The number of hydrogen-bond acceptors (Lipinski definition) is 5. The quantitative estimate of drug-likeness (QED) is 0.619. The number of piperidine rings is 1. The van der Waals surface area contributed by atoms with Gasteiger partial charge in [0.1, 0.15) is 6.17 Å². The zero-order chi connectivity index (χ0) is 12.7. The van der Waals surface area contributed by atoms with Crippen LogP contribution in [0.1, 0.15) is 6.42 Å². The minimum absolute atomic E-state index is 0.121. The Labute approximate surface area is 106 Å². The van der Waals surface area contributed by atoms with Crippen molar-refractivity contribution in [3.05, 3.63) is 35.7 Å². The summed E-state index contributed by atoms with van der Waals surface area (Å²) in [5, 5.41) is 12.4. The SMILES string of the molecule is CN1CC(=O)CC2=CN(C#N)C3NC=CC=C3C21. The maximum atomic E-state index is 11.7. The van der Waals surface area contributed by atoms with Crippen LogP contribution in [0.5, 0.6) is 0 Å². The van der Waals surface area contributed by atoms with Gasteiger partial charge in [0.25, 0.3) is 0 Å². The number of nitrogens with one attached hydrogen (secondary N) is 1. The molecule has 3 aliphatic heterocycles. The fourth-order valence-corrected chi connectivity index (χ4v) is 2.93. The molecule has 1 N–H and O–H groups in total. The molecule has 92 valence electrons. The smallest absolute Gasteiger partial charge is 0.185 e. The second kappa shape index (κ2) is 4.00. The number of nitriles is 1. The van der Waals surface area contributed by atoms with Crippen LogP contribution < -0.4 is 5.32 Å². The molecule has 0 aliphatic carbocycles. The summed E-state index contributed by atoms with van der Waals surface area (Å²) >= 11 is 0. The van der Waals surface area contributed by atoms with Crippen LogP contribution >= 0.6 is 0 Å². The number of hydrogen-bond donors (Lipinski definition) is 1. The Bertz CT molecular complexity index is 526. The van der Waals surface area contributed by atoms with Gasteiger partial charge in [0.15, 0.2) is 12.0 Å². The van der Waals surface area contributed by atoms with Crippen molar-refractivity contribution in [2.45, 2.75) is 18.6 Å². The molecule has 2 unspecified atom stereocenters. The highest BCUT2D eigenvalue weighted by Gasteiger charge is 2.39. The van der Waals surface area contributed by atoms with Crippen molar-refractivity contribution in [3.8, 4) is 6.19 Å². The maximum absolute atomic E-state index is 11.7. The lowest BCUT2D eigenvalue weighted by molar-refractivity contribution is -0.121. The van der Waals surface area contributed by atoms with Crippen LogP contribution in [0.25, 0.3) is 0 Å². The lowest BCUT2D eigenvalue weighted by Gasteiger charge is -2.44. The van der Waals surface area contributed by atoms with Crippen molar-refractivity contribution in [1.29, 1.82) is 5.26 Å². The first-order valence-electron chi connectivity index (χ1n) is 5.94. The summed E-state index contributed by atoms with van der Waals surface area (Å²) < 4.78 is 0. The van der Waals surface area contributed by atoms with E-state index in [4.69, 9.17) is 0 Å². The fraction of sp³-hybridized carbons (Fsp3) is 0.385. The van der Waals surface area contributed by atoms with Gasteiger partial charge in [-0.05, 0) is 30.5 Å². The van der Waals surface area contributed by atoms with Crippen LogP contribution in [0.2, 0.25) is 0 Å². The van der Waals surface area contributed by atoms with Crippen molar-refractivity contribution in [3.63, 3.8) is 0 Å². The average Bonchev–Trinajstić information content (AvgIpc) is 2.36. The van der Waals surface area contributed by atoms with Gasteiger partial charge in [-0.2, -0.15) is 5.26 Å². The Hall–Kier alpha value is -2.06. The third-order valence-corrected chi connectivity index (χ3v) is 3.59. The normalized spacial score (nSPS) is 30.7. The number of Topliss-reactive ketones (excluding diaryl/α,β-unsaturated/α-hetero) is 1. The average molecular weight is 242 g/mol. The molecule has 0 amide bonds. The third kappa shape index (κ3) is 1.54. The van der Waals surface area contributed by atoms with Gasteiger partial charge >= 0.3 is 0 Å². The lowest BCUT2D eigenvalue weighted by Crippen LogP contribution is -2.55. The summed E-state index contributed by atoms with van der Waals surface area (Å²) in [6.45, 7) is 0.475. The zero-order valence-corrected chi connectivity index (χ0v) is 10.1. The topological polar surface area (TPSA) is 59.4 Å². The van der Waals surface area contributed by atoms with Gasteiger partial charge in [0, 0.05) is 12.6 Å². The minimum atomic E-state index is -0.121. The fourth-order valence-electron chi connectivity index (χ4n) is 2.93. The molecule has 0 aromatic carbocycles. The summed E-state index contributed by atoms with van der Waals surface area (Å²) in [5.74, 6) is 0.205. The zero-order valence-electron chi connectivity index (χ0n) is 10.1. The molecule has 2 atom stereocenters. The Balaban J connectivity index is 2.07. The predicted molar refractivity (Wildman–Crippen MR) is 65.7 cm³/mol. The van der Waals surface area contributed by atoms with Crippen LogP contribution in [0, 0.1) is 11.5 Å². The molecule has 3 aliphatic rings. The van der Waals surface area contributed by atoms with Gasteiger partial charge in [-0.25, -0.2) is 0 Å². The molecule has 0 aromatic heterocycles. The number of carbonyl (C=O) groups is 1. The van der Waals surface area contributed by atoms with Crippen molar-refractivity contribution in [1.82, 2.24) is 15.1 Å². The number of carbonyl (C=O) groups excluding carboxylic acids is 1. The standard InChI is InChI=1S/C13H14N4O/c1-16-7-10(18)5-9-6-17(8-14)13-11(12(9)16)3-2-4-15-13/h2-4,6,12-13,15H,5,7H2,1H3. The Morgan fingerprint density at radius 1 is 1.56 bits per heavy atom. The molecule has 0 bridgehead atoms. The van der Waals surface area contributed by atoms with E-state index in [0.29, 0.717) is 13.0 Å². The molecule has 1 fully saturated rings. The van der Waals surface area contributed by atoms with Crippen molar-refractivity contribution in [2.24, 2.45) is 0 Å². The van der Waals surface area contributed by atoms with Gasteiger partial charge in [0.2, 0.25) is 0 Å². The summed E-state index contributed by atoms with van der Waals surface area (Å²) in [4.78, 5) is 15.3. The molecule has 3 heterocycles. The highest BCUT2D eigenvalue weighted by Crippen LogP contribution is 2.33. The highest BCUT2D eigenvalue weighted by atomic mass is 16.1. The molecule has 0 saturated carbocycles. The van der Waals surface area contributed by atoms with E-state index in [9.17, 15) is 10.1 Å². The summed E-state index contributed by atoms with van der Waals surface area (Å²) in [6.07, 6.45) is 10.1. The van der Waals surface area contributed by atoms with Gasteiger partial charge in [-0.15, -0.1) is 0 Å². The first-order chi connectivity index (χ1) is 8.70. The van der Waals surface area contributed by atoms with Crippen LogP contribution in [-0.2, 0) is 4.79 Å². The molecular weight excluding hydrogens is 228 g/mol. The molecule has 0 aromatic rings. The van der Waals surface area contributed by atoms with Crippen molar-refractivity contribution in [2.75, 3.05) is 13.6 Å². The van der Waals surface area contributed by atoms with Gasteiger partial charge in [-0.3, -0.25) is 14.6 Å². The molecule has 1 saturated heterocycles. The maximum Gasteiger partial charge on any atom is 0.185 e. The van der Waals surface area contributed by atoms with E-state index in [-0.39, 0.29) is 18.0 Å². The summed E-state index contributed by atoms with van der Waals surface area (Å²) in [6, 6.07) is 0.134. The molecule has 0 spiro atoms. The van der Waals surface area contributed by atoms with Gasteiger partial charge in [0.05, 0.1) is 12.6 Å². The number of fused-ring (bicyclic) bond motifs is 3. The Kier molecular flexibility index (Phi) is 2.46. The van der Waals surface area contributed by atoms with Crippen molar-refractivity contribution >= 4 is 5.78 Å². The molecule has 0 radical (unpaired) electrons. The third-order valence-electron chi connectivity index (χ3n) is 3.59. The Morgan fingerprint density at radius 3 is 3.17 bits per heavy atom. The number of likely N-dealkylation sites (N-methyl/N-ethyl adjacent to an activating group) is 1. The molecule has 5 nitrogen and oxygen atoms in total. The number of dihydropyridines is 1. The molecule has 5 heteroatoms. The lowest BCUT2D eigenvalue weighted by atomic mass is 9.85. The van der Waals surface area contributed by atoms with E-state index in [1.54, 1.807) is 4.90 Å². The molecule has 18 heavy (non-hydrogen) atoms. The highest BCUT2D eigenvalue weighted by molar-refractivity contribution is 5.85. The van der Waals surface area contributed by atoms with E-state index < -0.39 is 0 Å². The number of allylic oxidation sites excluding steroid dienone is 2. The van der Waals surface area contributed by atoms with Crippen LogP contribution in [0.4, 0.5) is 0 Å². The monoisotopic (exact) mass is 242 g/mol. The number of ketones is 1. The molecule has 3 rings (SSSR count). The molecular formula is C13H14N4O. The second-order valence-electron chi connectivity index (χ2n) is 4.84. The van der Waals surface area contributed by atoms with Crippen LogP contribution in [-0.4, -0.2) is 41.4 Å². The van der Waals surface area contributed by atoms with E-state index >= 15 is 0 Å². The van der Waals surface area contributed by atoms with Gasteiger partial charge in [-0.1, -0.05) is 6.08 Å². The summed E-state index contributed by atoms with van der Waals surface area (Å²) in [5.41, 5.74) is 2.14. The van der Waals surface area contributed by atoms with Crippen LogP contribution in [0.3, 0.4) is 0 Å². The summed E-state index contributed by atoms with van der Waals surface area (Å²) in [7, 11) is 1.95.